The maximum atomic E-state index is 13.7. The maximum Gasteiger partial charge on any atom is 0.244 e. The van der Waals surface area contributed by atoms with Crippen molar-refractivity contribution in [1.82, 2.24) is 4.72 Å². The molecule has 0 saturated carbocycles. The molecule has 112 valence electrons. The van der Waals surface area contributed by atoms with Crippen LogP contribution in [0.3, 0.4) is 0 Å². The lowest BCUT2D eigenvalue weighted by atomic mass is 9.97. The summed E-state index contributed by atoms with van der Waals surface area (Å²) < 4.78 is 59.1. The summed E-state index contributed by atoms with van der Waals surface area (Å²) in [6.45, 7) is 3.77. The van der Waals surface area contributed by atoms with Crippen molar-refractivity contribution in [3.63, 3.8) is 0 Å². The van der Waals surface area contributed by atoms with Crippen molar-refractivity contribution in [3.05, 3.63) is 23.8 Å². The summed E-state index contributed by atoms with van der Waals surface area (Å²) in [6, 6.07) is 1.63. The number of nitrogen functional groups attached to an aromatic ring is 1. The zero-order chi connectivity index (χ0) is 15.1. The van der Waals surface area contributed by atoms with E-state index in [0.717, 1.165) is 12.1 Å². The molecule has 2 unspecified atom stereocenters. The van der Waals surface area contributed by atoms with Crippen molar-refractivity contribution >= 4 is 15.7 Å². The first-order valence-corrected chi connectivity index (χ1v) is 7.54. The monoisotopic (exact) mass is 306 g/mol. The van der Waals surface area contributed by atoms with E-state index in [1.807, 2.05) is 0 Å². The highest BCUT2D eigenvalue weighted by atomic mass is 32.2. The van der Waals surface area contributed by atoms with E-state index < -0.39 is 32.1 Å². The molecule has 2 rings (SSSR count). The van der Waals surface area contributed by atoms with Gasteiger partial charge in [0, 0.05) is 12.3 Å². The Morgan fingerprint density at radius 2 is 2.10 bits per heavy atom. The lowest BCUT2D eigenvalue weighted by Gasteiger charge is -2.28. The molecule has 8 heteroatoms. The summed E-state index contributed by atoms with van der Waals surface area (Å²) in [5, 5.41) is 0. The zero-order valence-electron chi connectivity index (χ0n) is 11.1. The molecular formula is C12H16F2N2O3S. The van der Waals surface area contributed by atoms with Crippen LogP contribution in [0.5, 0.6) is 0 Å². The minimum atomic E-state index is -4.24. The molecule has 0 amide bonds. The van der Waals surface area contributed by atoms with E-state index in [-0.39, 0.29) is 11.8 Å². The van der Waals surface area contributed by atoms with Crippen LogP contribution in [0.25, 0.3) is 0 Å². The third-order valence-corrected chi connectivity index (χ3v) is 5.17. The van der Waals surface area contributed by atoms with Gasteiger partial charge < -0.3 is 10.5 Å². The molecule has 1 aromatic rings. The Morgan fingerprint density at radius 1 is 1.45 bits per heavy atom. The Hall–Kier alpha value is -1.25. The van der Waals surface area contributed by atoms with Crippen molar-refractivity contribution in [3.8, 4) is 0 Å². The molecule has 1 fully saturated rings. The second-order valence-electron chi connectivity index (χ2n) is 5.10. The largest absolute Gasteiger partial charge is 0.399 e. The summed E-state index contributed by atoms with van der Waals surface area (Å²) in [7, 11) is -4.24. The van der Waals surface area contributed by atoms with Gasteiger partial charge in [0.1, 0.15) is 4.90 Å². The van der Waals surface area contributed by atoms with Crippen LogP contribution >= 0.6 is 0 Å². The molecule has 1 saturated heterocycles. The Morgan fingerprint density at radius 3 is 2.65 bits per heavy atom. The average molecular weight is 306 g/mol. The molecule has 1 heterocycles. The molecule has 2 atom stereocenters. The number of nitrogens with two attached hydrogens (primary N) is 1. The fourth-order valence-corrected chi connectivity index (χ4v) is 3.73. The van der Waals surface area contributed by atoms with Crippen molar-refractivity contribution in [2.24, 2.45) is 0 Å². The molecule has 0 spiro atoms. The van der Waals surface area contributed by atoms with Gasteiger partial charge in [0.15, 0.2) is 11.6 Å². The highest BCUT2D eigenvalue weighted by Gasteiger charge is 2.41. The Labute approximate surface area is 116 Å². The van der Waals surface area contributed by atoms with Gasteiger partial charge in [-0.05, 0) is 32.4 Å². The second-order valence-corrected chi connectivity index (χ2v) is 6.75. The molecule has 0 bridgehead atoms. The number of ether oxygens (including phenoxy) is 1. The van der Waals surface area contributed by atoms with Gasteiger partial charge in [-0.3, -0.25) is 0 Å². The Kier molecular flexibility index (Phi) is 3.74. The van der Waals surface area contributed by atoms with Crippen molar-refractivity contribution in [2.75, 3.05) is 12.3 Å². The fraction of sp³-hybridized carbons (Fsp3) is 0.500. The minimum absolute atomic E-state index is 0.162. The smallest absolute Gasteiger partial charge is 0.244 e. The third kappa shape index (κ3) is 2.63. The molecule has 20 heavy (non-hydrogen) atoms. The van der Waals surface area contributed by atoms with E-state index in [1.54, 1.807) is 13.8 Å². The first kappa shape index (κ1) is 15.1. The summed E-state index contributed by atoms with van der Waals surface area (Å²) in [4.78, 5) is -0.796. The molecular weight excluding hydrogens is 290 g/mol. The lowest BCUT2D eigenvalue weighted by molar-refractivity contribution is 0.0957. The van der Waals surface area contributed by atoms with Gasteiger partial charge in [-0.15, -0.1) is 0 Å². The normalized spacial score (nSPS) is 26.9. The first-order chi connectivity index (χ1) is 9.16. The van der Waals surface area contributed by atoms with Gasteiger partial charge in [0.05, 0.1) is 11.6 Å². The summed E-state index contributed by atoms with van der Waals surface area (Å²) in [5.41, 5.74) is 4.34. The molecule has 1 aliphatic heterocycles. The van der Waals surface area contributed by atoms with Gasteiger partial charge >= 0.3 is 0 Å². The minimum Gasteiger partial charge on any atom is -0.399 e. The summed E-state index contributed by atoms with van der Waals surface area (Å²) in [6.07, 6.45) is 0.0750. The van der Waals surface area contributed by atoms with Crippen molar-refractivity contribution in [1.29, 1.82) is 0 Å². The predicted octanol–water partition coefficient (Wildman–Crippen LogP) is 1.39. The maximum absolute atomic E-state index is 13.7. The topological polar surface area (TPSA) is 81.4 Å². The van der Waals surface area contributed by atoms with Crippen LogP contribution in [0.2, 0.25) is 0 Å². The standard InChI is InChI=1S/C12H16F2N2O3S/c1-7-12(2,3-4-19-7)16-20(17,18)10-6-8(15)5-9(13)11(10)14/h5-7,16H,3-4,15H2,1-2H3. The van der Waals surface area contributed by atoms with Gasteiger partial charge in [-0.1, -0.05) is 0 Å². The van der Waals surface area contributed by atoms with Gasteiger partial charge in [-0.2, -0.15) is 0 Å². The van der Waals surface area contributed by atoms with E-state index in [4.69, 9.17) is 10.5 Å². The zero-order valence-corrected chi connectivity index (χ0v) is 11.9. The highest BCUT2D eigenvalue weighted by Crippen LogP contribution is 2.29. The number of sulfonamides is 1. The van der Waals surface area contributed by atoms with Crippen LogP contribution in [-0.4, -0.2) is 26.7 Å². The molecule has 1 aromatic carbocycles. The number of halogens is 2. The van der Waals surface area contributed by atoms with Crippen LogP contribution in [0.15, 0.2) is 17.0 Å². The van der Waals surface area contributed by atoms with Gasteiger partial charge in [0.25, 0.3) is 0 Å². The summed E-state index contributed by atoms with van der Waals surface area (Å²) >= 11 is 0. The van der Waals surface area contributed by atoms with Crippen molar-refractivity contribution in [2.45, 2.75) is 36.8 Å². The summed E-state index contributed by atoms with van der Waals surface area (Å²) in [5.74, 6) is -2.74. The van der Waals surface area contributed by atoms with Crippen LogP contribution in [0.4, 0.5) is 14.5 Å². The van der Waals surface area contributed by atoms with Crippen LogP contribution < -0.4 is 10.5 Å². The van der Waals surface area contributed by atoms with Crippen LogP contribution in [0, 0.1) is 11.6 Å². The lowest BCUT2D eigenvalue weighted by Crippen LogP contribution is -2.50. The molecule has 3 N–H and O–H groups in total. The molecule has 0 radical (unpaired) electrons. The van der Waals surface area contributed by atoms with Gasteiger partial charge in [0.2, 0.25) is 10.0 Å². The molecule has 5 nitrogen and oxygen atoms in total. The van der Waals surface area contributed by atoms with E-state index in [2.05, 4.69) is 4.72 Å². The van der Waals surface area contributed by atoms with E-state index in [1.165, 1.54) is 0 Å². The number of rotatable bonds is 3. The molecule has 0 aromatic heterocycles. The number of anilines is 1. The van der Waals surface area contributed by atoms with E-state index in [0.29, 0.717) is 13.0 Å². The number of benzene rings is 1. The average Bonchev–Trinajstić information content (AvgIpc) is 2.63. The van der Waals surface area contributed by atoms with E-state index >= 15 is 0 Å². The quantitative estimate of drug-likeness (QED) is 0.827. The second kappa shape index (κ2) is 4.94. The van der Waals surface area contributed by atoms with Gasteiger partial charge in [-0.25, -0.2) is 21.9 Å². The Balaban J connectivity index is 2.41. The molecule has 0 aliphatic carbocycles. The van der Waals surface area contributed by atoms with Crippen molar-refractivity contribution < 1.29 is 21.9 Å². The van der Waals surface area contributed by atoms with Crippen LogP contribution in [-0.2, 0) is 14.8 Å². The predicted molar refractivity (Wildman–Crippen MR) is 69.5 cm³/mol. The highest BCUT2D eigenvalue weighted by molar-refractivity contribution is 7.89. The van der Waals surface area contributed by atoms with Crippen LogP contribution in [0.1, 0.15) is 20.3 Å². The van der Waals surface area contributed by atoms with E-state index in [9.17, 15) is 17.2 Å². The number of hydrogen-bond donors (Lipinski definition) is 2. The Bertz CT molecular complexity index is 636. The fourth-order valence-electron chi connectivity index (χ4n) is 2.11. The number of nitrogens with one attached hydrogen (secondary N) is 1. The SMILES string of the molecule is CC1OCCC1(C)NS(=O)(=O)c1cc(N)cc(F)c1F. The number of hydrogen-bond acceptors (Lipinski definition) is 4. The first-order valence-electron chi connectivity index (χ1n) is 6.06. The third-order valence-electron chi connectivity index (χ3n) is 3.56. The molecule has 1 aliphatic rings.